The summed E-state index contributed by atoms with van der Waals surface area (Å²) in [5.41, 5.74) is 23.4. The van der Waals surface area contributed by atoms with Crippen molar-refractivity contribution in [3.63, 3.8) is 0 Å². The van der Waals surface area contributed by atoms with Crippen LogP contribution in [-0.4, -0.2) is 0 Å². The Balaban J connectivity index is 1.13. The molecule has 10 aromatic rings. The summed E-state index contributed by atoms with van der Waals surface area (Å²) in [7, 11) is 0. The van der Waals surface area contributed by atoms with Crippen LogP contribution >= 0.6 is 0 Å². The van der Waals surface area contributed by atoms with E-state index >= 15 is 0 Å². The molecule has 0 saturated carbocycles. The Bertz CT molecular complexity index is 4450. The first kappa shape index (κ1) is 79.5. The fourth-order valence-electron chi connectivity index (χ4n) is 20.1. The standard InChI is InChI=1S/C105H140/c1-15-25-31-33-35-41-59-105(60-42-36-34-32-26-16-2)101-70-82(51-55-90(101)89-58-54-83(73-100(89)104(105,13)14)102-91-49-39-37-47-87(91)75(12)95-67-80(52-56-93(95)102)63-76(21-7)43-27-17-3)69-98-88-48-38-40-50-92(88)103(94-57-53-81(68-99(94)98)64-77(22-8)44-28-18-4)86-71-85(66-79(24-10)46-30-20-6)96-62-74(11)61-84(97(96)72-86)65-78(23-9)45-29-19-5/h37-40,47-58,61-62,67-68,70-73,76-79H,15-36,41-46,59-60,63-66,69H2,1-14H3. The number of hydrogen-bond donors (Lipinski definition) is 0. The van der Waals surface area contributed by atoms with E-state index in [2.05, 4.69) is 243 Å². The second kappa shape index (κ2) is 38.0. The molecular formula is C105H140. The minimum atomic E-state index is -0.158. The van der Waals surface area contributed by atoms with Crippen molar-refractivity contribution < 1.29 is 0 Å². The van der Waals surface area contributed by atoms with Gasteiger partial charge in [-0.1, -0.05) is 402 Å². The second-order valence-corrected chi connectivity index (χ2v) is 34.4. The van der Waals surface area contributed by atoms with Crippen LogP contribution in [0, 0.1) is 37.5 Å². The monoisotopic (exact) mass is 1400 g/mol. The molecule has 0 amide bonds. The van der Waals surface area contributed by atoms with E-state index in [-0.39, 0.29) is 10.8 Å². The van der Waals surface area contributed by atoms with Crippen molar-refractivity contribution in [1.82, 2.24) is 0 Å². The maximum absolute atomic E-state index is 2.83. The van der Waals surface area contributed by atoms with Gasteiger partial charge in [0.05, 0.1) is 0 Å². The SMILES string of the molecule is CCCCCCCCC1(CCCCCCCC)c2cc(Cc3c4ccccc4c(-c4cc(CC(CC)CCCC)c5cc(C)cc(CC(CC)CCCC)c5c4)c4ccc(CC(CC)CCCC)cc34)ccc2-c2ccc(-c3c4ccccc4c(C)c4cc(CC(CC)CCCC)ccc34)cc2C1(C)C. The lowest BCUT2D eigenvalue weighted by molar-refractivity contribution is 0.199. The van der Waals surface area contributed by atoms with Gasteiger partial charge >= 0.3 is 0 Å². The van der Waals surface area contributed by atoms with E-state index in [0.29, 0.717) is 17.8 Å². The average Bonchev–Trinajstić information content (AvgIpc) is 0.696. The molecule has 0 fully saturated rings. The van der Waals surface area contributed by atoms with Crippen LogP contribution in [0.2, 0.25) is 0 Å². The van der Waals surface area contributed by atoms with E-state index < -0.39 is 0 Å². The molecule has 0 N–H and O–H groups in total. The van der Waals surface area contributed by atoms with Crippen molar-refractivity contribution in [3.8, 4) is 33.4 Å². The molecule has 0 nitrogen and oxygen atoms in total. The summed E-state index contributed by atoms with van der Waals surface area (Å²) in [6, 6.07) is 61.1. The first-order valence-electron chi connectivity index (χ1n) is 44.0. The van der Waals surface area contributed by atoms with Gasteiger partial charge in [0, 0.05) is 5.41 Å². The fraction of sp³-hybridized carbons (Fsp3) is 0.524. The highest BCUT2D eigenvalue weighted by Crippen LogP contribution is 2.60. The minimum absolute atomic E-state index is 0.0696. The predicted molar refractivity (Wildman–Crippen MR) is 468 cm³/mol. The molecule has 4 unspecified atom stereocenters. The molecule has 0 saturated heterocycles. The van der Waals surface area contributed by atoms with Gasteiger partial charge in [0.25, 0.3) is 0 Å². The molecule has 4 atom stereocenters. The van der Waals surface area contributed by atoms with Crippen molar-refractivity contribution in [3.05, 3.63) is 201 Å². The van der Waals surface area contributed by atoms with E-state index in [4.69, 9.17) is 0 Å². The highest BCUT2D eigenvalue weighted by Gasteiger charge is 2.51. The van der Waals surface area contributed by atoms with E-state index in [0.717, 1.165) is 38.0 Å². The van der Waals surface area contributed by atoms with Crippen molar-refractivity contribution in [2.24, 2.45) is 23.7 Å². The minimum Gasteiger partial charge on any atom is -0.0654 e. The first-order valence-corrected chi connectivity index (χ1v) is 44.0. The van der Waals surface area contributed by atoms with Gasteiger partial charge in [0.1, 0.15) is 0 Å². The van der Waals surface area contributed by atoms with Gasteiger partial charge in [0.2, 0.25) is 0 Å². The van der Waals surface area contributed by atoms with E-state index in [1.54, 1.807) is 22.3 Å². The Morgan fingerprint density at radius 1 is 0.305 bits per heavy atom. The fourth-order valence-corrected chi connectivity index (χ4v) is 20.1. The molecule has 0 bridgehead atoms. The third-order valence-corrected chi connectivity index (χ3v) is 26.8. The Kier molecular flexibility index (Phi) is 28.8. The molecular weight excluding hydrogens is 1260 g/mol. The lowest BCUT2D eigenvalue weighted by atomic mass is 9.50. The largest absolute Gasteiger partial charge is 0.0654 e. The number of aryl methyl sites for hydroxylation is 2. The van der Waals surface area contributed by atoms with E-state index in [9.17, 15) is 0 Å². The molecule has 0 heterocycles. The van der Waals surface area contributed by atoms with Gasteiger partial charge in [-0.15, -0.1) is 0 Å². The number of hydrogen-bond acceptors (Lipinski definition) is 0. The van der Waals surface area contributed by atoms with Crippen LogP contribution in [0.1, 0.15) is 331 Å². The molecule has 560 valence electrons. The molecule has 0 heteroatoms. The van der Waals surface area contributed by atoms with Gasteiger partial charge in [-0.2, -0.15) is 0 Å². The molecule has 1 aliphatic rings. The van der Waals surface area contributed by atoms with Crippen LogP contribution in [0.25, 0.3) is 87.2 Å². The van der Waals surface area contributed by atoms with Crippen LogP contribution in [0.5, 0.6) is 0 Å². The Hall–Kier alpha value is -6.50. The normalized spacial score (nSPS) is 14.6. The average molecular weight is 1400 g/mol. The third kappa shape index (κ3) is 18.0. The molecule has 1 aliphatic carbocycles. The Labute approximate surface area is 640 Å². The van der Waals surface area contributed by atoms with Gasteiger partial charge in [0.15, 0.2) is 0 Å². The topological polar surface area (TPSA) is 0 Å². The van der Waals surface area contributed by atoms with Gasteiger partial charge < -0.3 is 0 Å². The molecule has 0 aromatic heterocycles. The zero-order chi connectivity index (χ0) is 74.0. The second-order valence-electron chi connectivity index (χ2n) is 34.4. The number of unbranched alkanes of at least 4 members (excludes halogenated alkanes) is 14. The van der Waals surface area contributed by atoms with E-state index in [1.165, 1.54) is 313 Å². The summed E-state index contributed by atoms with van der Waals surface area (Å²) < 4.78 is 0. The summed E-state index contributed by atoms with van der Waals surface area (Å²) in [4.78, 5) is 0. The quantitative estimate of drug-likeness (QED) is 0.0264. The van der Waals surface area contributed by atoms with Crippen LogP contribution < -0.4 is 0 Å². The van der Waals surface area contributed by atoms with Gasteiger partial charge in [-0.3, -0.25) is 0 Å². The summed E-state index contributed by atoms with van der Waals surface area (Å²) in [5, 5.41) is 14.3. The summed E-state index contributed by atoms with van der Waals surface area (Å²) >= 11 is 0. The first-order chi connectivity index (χ1) is 51.2. The Morgan fingerprint density at radius 3 is 1.29 bits per heavy atom. The summed E-state index contributed by atoms with van der Waals surface area (Å²) in [6.07, 6.45) is 44.0. The predicted octanol–water partition coefficient (Wildman–Crippen LogP) is 32.7. The van der Waals surface area contributed by atoms with Crippen LogP contribution in [0.15, 0.2) is 146 Å². The smallest absolute Gasteiger partial charge is 0.00509 e. The highest BCUT2D eigenvalue weighted by atomic mass is 14.5. The molecule has 0 radical (unpaired) electrons. The molecule has 11 rings (SSSR count). The maximum atomic E-state index is 2.83. The summed E-state index contributed by atoms with van der Waals surface area (Å²) in [6.45, 7) is 34.1. The van der Waals surface area contributed by atoms with Gasteiger partial charge in [-0.05, 0) is 237 Å². The molecule has 0 aliphatic heterocycles. The van der Waals surface area contributed by atoms with Gasteiger partial charge in [-0.25, -0.2) is 0 Å². The van der Waals surface area contributed by atoms with Crippen LogP contribution in [-0.2, 0) is 42.9 Å². The summed E-state index contributed by atoms with van der Waals surface area (Å²) in [5.74, 6) is 2.75. The van der Waals surface area contributed by atoms with Crippen molar-refractivity contribution in [2.45, 2.75) is 332 Å². The zero-order valence-electron chi connectivity index (χ0n) is 68.9. The Morgan fingerprint density at radius 2 is 0.733 bits per heavy atom. The van der Waals surface area contributed by atoms with Crippen LogP contribution in [0.3, 0.4) is 0 Å². The maximum Gasteiger partial charge on any atom is 0.00509 e. The number of fused-ring (bicyclic) bond motifs is 8. The van der Waals surface area contributed by atoms with Crippen molar-refractivity contribution in [1.29, 1.82) is 0 Å². The number of rotatable bonds is 42. The highest BCUT2D eigenvalue weighted by molar-refractivity contribution is 6.17. The lowest BCUT2D eigenvalue weighted by Gasteiger charge is -2.53. The lowest BCUT2D eigenvalue weighted by Crippen LogP contribution is -2.48. The molecule has 0 spiro atoms. The van der Waals surface area contributed by atoms with E-state index in [1.807, 2.05) is 0 Å². The van der Waals surface area contributed by atoms with Crippen LogP contribution in [0.4, 0.5) is 0 Å². The van der Waals surface area contributed by atoms with Crippen molar-refractivity contribution >= 4 is 53.9 Å². The molecule has 10 aromatic carbocycles. The zero-order valence-corrected chi connectivity index (χ0v) is 68.9. The van der Waals surface area contributed by atoms with Crippen molar-refractivity contribution in [2.75, 3.05) is 0 Å². The third-order valence-electron chi connectivity index (χ3n) is 26.8. The molecule has 105 heavy (non-hydrogen) atoms. The number of benzene rings is 10.